The molecule has 0 saturated carbocycles. The second-order valence-electron chi connectivity index (χ2n) is 2.89. The fraction of sp³-hybridized carbons (Fsp3) is 0.500. The van der Waals surface area contributed by atoms with Gasteiger partial charge in [0.1, 0.15) is 0 Å². The molecule has 0 saturated heterocycles. The van der Waals surface area contributed by atoms with Crippen molar-refractivity contribution in [2.24, 2.45) is 0 Å². The Labute approximate surface area is 78.4 Å². The fourth-order valence-corrected chi connectivity index (χ4v) is 1.12. The van der Waals surface area contributed by atoms with E-state index in [2.05, 4.69) is 4.98 Å². The van der Waals surface area contributed by atoms with Gasteiger partial charge >= 0.3 is 0 Å². The van der Waals surface area contributed by atoms with Crippen LogP contribution >= 0.6 is 0 Å². The molecule has 0 radical (unpaired) electrons. The Morgan fingerprint density at radius 3 is 2.77 bits per heavy atom. The summed E-state index contributed by atoms with van der Waals surface area (Å²) in [6.07, 6.45) is 4.64. The first kappa shape index (κ1) is 9.99. The quantitative estimate of drug-likeness (QED) is 0.698. The average molecular weight is 181 g/mol. The van der Waals surface area contributed by atoms with Crippen LogP contribution < -0.4 is 4.74 Å². The van der Waals surface area contributed by atoms with Gasteiger partial charge in [-0.2, -0.15) is 0 Å². The zero-order valence-electron chi connectivity index (χ0n) is 7.86. The molecule has 0 bridgehead atoms. The second kappa shape index (κ2) is 5.54. The SMILES string of the molecule is COc1ccc(CCCCO)cn1. The van der Waals surface area contributed by atoms with Crippen LogP contribution in [0.3, 0.4) is 0 Å². The topological polar surface area (TPSA) is 42.4 Å². The third-order valence-corrected chi connectivity index (χ3v) is 1.88. The summed E-state index contributed by atoms with van der Waals surface area (Å²) in [4.78, 5) is 4.09. The van der Waals surface area contributed by atoms with Crippen molar-refractivity contribution in [2.75, 3.05) is 13.7 Å². The van der Waals surface area contributed by atoms with Crippen LogP contribution in [0, 0.1) is 0 Å². The normalized spacial score (nSPS) is 10.0. The van der Waals surface area contributed by atoms with Crippen LogP contribution in [0.4, 0.5) is 0 Å². The molecule has 3 nitrogen and oxygen atoms in total. The van der Waals surface area contributed by atoms with Crippen molar-refractivity contribution in [1.82, 2.24) is 4.98 Å². The van der Waals surface area contributed by atoms with E-state index in [9.17, 15) is 0 Å². The summed E-state index contributed by atoms with van der Waals surface area (Å²) in [6.45, 7) is 0.267. The number of methoxy groups -OCH3 is 1. The first-order valence-corrected chi connectivity index (χ1v) is 4.46. The van der Waals surface area contributed by atoms with Crippen molar-refractivity contribution in [3.05, 3.63) is 23.9 Å². The Kier molecular flexibility index (Phi) is 4.26. The van der Waals surface area contributed by atoms with Gasteiger partial charge in [0.05, 0.1) is 7.11 Å². The molecule has 0 atom stereocenters. The molecule has 1 aromatic rings. The maximum atomic E-state index is 8.59. The minimum atomic E-state index is 0.267. The summed E-state index contributed by atoms with van der Waals surface area (Å²) in [6, 6.07) is 3.86. The number of unbranched alkanes of at least 4 members (excludes halogenated alkanes) is 1. The number of aromatic nitrogens is 1. The molecule has 1 rings (SSSR count). The Bertz CT molecular complexity index is 233. The molecule has 3 heteroatoms. The maximum Gasteiger partial charge on any atom is 0.212 e. The van der Waals surface area contributed by atoms with Crippen molar-refractivity contribution in [2.45, 2.75) is 19.3 Å². The first-order valence-electron chi connectivity index (χ1n) is 4.46. The number of ether oxygens (including phenoxy) is 1. The molecule has 0 aliphatic rings. The molecule has 13 heavy (non-hydrogen) atoms. The third kappa shape index (κ3) is 3.42. The zero-order chi connectivity index (χ0) is 9.52. The number of aryl methyl sites for hydroxylation is 1. The standard InChI is InChI=1S/C10H15NO2/c1-13-10-6-5-9(8-11-10)4-2-3-7-12/h5-6,8,12H,2-4,7H2,1H3. The van der Waals surface area contributed by atoms with Gasteiger partial charge in [-0.3, -0.25) is 0 Å². The fourth-order valence-electron chi connectivity index (χ4n) is 1.12. The zero-order valence-corrected chi connectivity index (χ0v) is 7.86. The van der Waals surface area contributed by atoms with Crippen molar-refractivity contribution in [3.8, 4) is 5.88 Å². The van der Waals surface area contributed by atoms with Gasteiger partial charge in [-0.15, -0.1) is 0 Å². The van der Waals surface area contributed by atoms with Gasteiger partial charge in [0, 0.05) is 18.9 Å². The summed E-state index contributed by atoms with van der Waals surface area (Å²) in [5, 5.41) is 8.59. The van der Waals surface area contributed by atoms with E-state index in [1.165, 1.54) is 5.56 Å². The van der Waals surface area contributed by atoms with Crippen LogP contribution in [0.25, 0.3) is 0 Å². The van der Waals surface area contributed by atoms with E-state index in [0.29, 0.717) is 5.88 Å². The highest BCUT2D eigenvalue weighted by atomic mass is 16.5. The van der Waals surface area contributed by atoms with Crippen molar-refractivity contribution in [3.63, 3.8) is 0 Å². The van der Waals surface area contributed by atoms with E-state index in [-0.39, 0.29) is 6.61 Å². The Morgan fingerprint density at radius 1 is 1.38 bits per heavy atom. The number of pyridine rings is 1. The minimum Gasteiger partial charge on any atom is -0.481 e. The molecule has 0 unspecified atom stereocenters. The van der Waals surface area contributed by atoms with E-state index in [1.807, 2.05) is 18.3 Å². The third-order valence-electron chi connectivity index (χ3n) is 1.88. The summed E-state index contributed by atoms with van der Waals surface area (Å²) >= 11 is 0. The number of nitrogens with zero attached hydrogens (tertiary/aromatic N) is 1. The van der Waals surface area contributed by atoms with Gasteiger partial charge in [0.25, 0.3) is 0 Å². The van der Waals surface area contributed by atoms with Crippen LogP contribution in [0.1, 0.15) is 18.4 Å². The molecule has 0 spiro atoms. The van der Waals surface area contributed by atoms with E-state index in [0.717, 1.165) is 19.3 Å². The van der Waals surface area contributed by atoms with Gasteiger partial charge in [0.15, 0.2) is 0 Å². The molecule has 0 aliphatic heterocycles. The molecular formula is C10H15NO2. The number of rotatable bonds is 5. The van der Waals surface area contributed by atoms with Crippen LogP contribution in [-0.4, -0.2) is 23.8 Å². The van der Waals surface area contributed by atoms with Gasteiger partial charge < -0.3 is 9.84 Å². The number of hydrogen-bond acceptors (Lipinski definition) is 3. The Morgan fingerprint density at radius 2 is 2.23 bits per heavy atom. The molecule has 1 heterocycles. The predicted octanol–water partition coefficient (Wildman–Crippen LogP) is 1.41. The summed E-state index contributed by atoms with van der Waals surface area (Å²) in [5.74, 6) is 0.644. The van der Waals surface area contributed by atoms with Crippen LogP contribution in [0.5, 0.6) is 5.88 Å². The first-order chi connectivity index (χ1) is 6.36. The second-order valence-corrected chi connectivity index (χ2v) is 2.89. The van der Waals surface area contributed by atoms with Gasteiger partial charge in [-0.05, 0) is 24.8 Å². The molecule has 1 aromatic heterocycles. The van der Waals surface area contributed by atoms with Crippen LogP contribution in [0.15, 0.2) is 18.3 Å². The lowest BCUT2D eigenvalue weighted by molar-refractivity contribution is 0.284. The van der Waals surface area contributed by atoms with Crippen molar-refractivity contribution in [1.29, 1.82) is 0 Å². The summed E-state index contributed by atoms with van der Waals surface area (Å²) < 4.78 is 4.94. The number of hydrogen-bond donors (Lipinski definition) is 1. The predicted molar refractivity (Wildman–Crippen MR) is 50.8 cm³/mol. The summed E-state index contributed by atoms with van der Waals surface area (Å²) in [7, 11) is 1.60. The molecule has 0 aromatic carbocycles. The number of aliphatic hydroxyl groups excluding tert-OH is 1. The lowest BCUT2D eigenvalue weighted by Crippen LogP contribution is -1.91. The van der Waals surface area contributed by atoms with Crippen LogP contribution in [0.2, 0.25) is 0 Å². The van der Waals surface area contributed by atoms with Gasteiger partial charge in [0.2, 0.25) is 5.88 Å². The van der Waals surface area contributed by atoms with Gasteiger partial charge in [-0.25, -0.2) is 4.98 Å². The van der Waals surface area contributed by atoms with Crippen LogP contribution in [-0.2, 0) is 6.42 Å². The molecule has 0 fully saturated rings. The number of aliphatic hydroxyl groups is 1. The van der Waals surface area contributed by atoms with E-state index in [1.54, 1.807) is 7.11 Å². The molecular weight excluding hydrogens is 166 g/mol. The van der Waals surface area contributed by atoms with E-state index < -0.39 is 0 Å². The van der Waals surface area contributed by atoms with E-state index in [4.69, 9.17) is 9.84 Å². The average Bonchev–Trinajstić information content (AvgIpc) is 2.19. The highest BCUT2D eigenvalue weighted by Gasteiger charge is 1.95. The monoisotopic (exact) mass is 181 g/mol. The van der Waals surface area contributed by atoms with Crippen molar-refractivity contribution < 1.29 is 9.84 Å². The largest absolute Gasteiger partial charge is 0.481 e. The highest BCUT2D eigenvalue weighted by Crippen LogP contribution is 2.08. The smallest absolute Gasteiger partial charge is 0.212 e. The lowest BCUT2D eigenvalue weighted by atomic mass is 10.1. The Hall–Kier alpha value is -1.09. The van der Waals surface area contributed by atoms with Crippen molar-refractivity contribution >= 4 is 0 Å². The molecule has 1 N–H and O–H groups in total. The minimum absolute atomic E-state index is 0.267. The lowest BCUT2D eigenvalue weighted by Gasteiger charge is -2.01. The van der Waals surface area contributed by atoms with E-state index >= 15 is 0 Å². The highest BCUT2D eigenvalue weighted by molar-refractivity contribution is 5.17. The maximum absolute atomic E-state index is 8.59. The van der Waals surface area contributed by atoms with Gasteiger partial charge in [-0.1, -0.05) is 6.07 Å². The summed E-state index contributed by atoms with van der Waals surface area (Å²) in [5.41, 5.74) is 1.19. The molecule has 72 valence electrons. The molecule has 0 aliphatic carbocycles. The Balaban J connectivity index is 2.40. The molecule has 0 amide bonds.